The average molecular weight is 306 g/mol. The highest BCUT2D eigenvalue weighted by Gasteiger charge is 2.26. The number of halogens is 2. The summed E-state index contributed by atoms with van der Waals surface area (Å²) in [7, 11) is 0. The minimum atomic E-state index is -1.03. The standard InChI is InChI=1S/C17H16F2O3/c1-10-2-4-11(5-3-10)13-8-21-17(22-9-13)12-6-14(18)16(20)15(19)7-12/h2-7,13,17,20H,8-9H2,1H3. The molecule has 2 aromatic carbocycles. The van der Waals surface area contributed by atoms with Gasteiger partial charge in [-0.25, -0.2) is 8.78 Å². The molecule has 1 fully saturated rings. The molecule has 0 aromatic heterocycles. The third kappa shape index (κ3) is 2.96. The van der Waals surface area contributed by atoms with Crippen LogP contribution in [0.5, 0.6) is 5.75 Å². The second-order valence-corrected chi connectivity index (χ2v) is 5.44. The first-order chi connectivity index (χ1) is 10.5. The summed E-state index contributed by atoms with van der Waals surface area (Å²) in [5.41, 5.74) is 2.50. The average Bonchev–Trinajstić information content (AvgIpc) is 2.53. The van der Waals surface area contributed by atoms with E-state index in [2.05, 4.69) is 0 Å². The van der Waals surface area contributed by atoms with Gasteiger partial charge in [-0.3, -0.25) is 0 Å². The van der Waals surface area contributed by atoms with Crippen molar-refractivity contribution in [2.45, 2.75) is 19.1 Å². The summed E-state index contributed by atoms with van der Waals surface area (Å²) in [6.07, 6.45) is -0.828. The Kier molecular flexibility index (Phi) is 4.09. The Balaban J connectivity index is 1.70. The van der Waals surface area contributed by atoms with E-state index >= 15 is 0 Å². The van der Waals surface area contributed by atoms with Gasteiger partial charge in [0.2, 0.25) is 0 Å². The molecule has 0 bridgehead atoms. The molecule has 1 N–H and O–H groups in total. The first-order valence-electron chi connectivity index (χ1n) is 7.02. The van der Waals surface area contributed by atoms with Gasteiger partial charge in [0.25, 0.3) is 0 Å². The smallest absolute Gasteiger partial charge is 0.187 e. The van der Waals surface area contributed by atoms with Crippen LogP contribution < -0.4 is 0 Å². The Bertz CT molecular complexity index is 639. The molecule has 0 atom stereocenters. The molecule has 1 aliphatic rings. The molecule has 3 rings (SSSR count). The molecule has 0 spiro atoms. The quantitative estimate of drug-likeness (QED) is 0.917. The lowest BCUT2D eigenvalue weighted by Gasteiger charge is -2.30. The summed E-state index contributed by atoms with van der Waals surface area (Å²) < 4.78 is 37.9. The summed E-state index contributed by atoms with van der Waals surface area (Å²) in [6.45, 7) is 2.82. The Hall–Kier alpha value is -1.98. The SMILES string of the molecule is Cc1ccc(C2COC(c3cc(F)c(O)c(F)c3)OC2)cc1. The van der Waals surface area contributed by atoms with E-state index in [0.717, 1.165) is 17.7 Å². The maximum absolute atomic E-state index is 13.4. The number of ether oxygens (including phenoxy) is 2. The highest BCUT2D eigenvalue weighted by atomic mass is 19.1. The predicted molar refractivity (Wildman–Crippen MR) is 76.6 cm³/mol. The van der Waals surface area contributed by atoms with Crippen molar-refractivity contribution in [3.05, 3.63) is 64.7 Å². The summed E-state index contributed by atoms with van der Waals surface area (Å²) in [5, 5.41) is 9.11. The van der Waals surface area contributed by atoms with Crippen LogP contribution in [0.3, 0.4) is 0 Å². The van der Waals surface area contributed by atoms with Crippen LogP contribution in [0.15, 0.2) is 36.4 Å². The van der Waals surface area contributed by atoms with Gasteiger partial charge in [0, 0.05) is 11.5 Å². The van der Waals surface area contributed by atoms with Gasteiger partial charge in [0.1, 0.15) is 0 Å². The number of aromatic hydroxyl groups is 1. The fraction of sp³-hybridized carbons (Fsp3) is 0.294. The van der Waals surface area contributed by atoms with Crippen LogP contribution in [-0.2, 0) is 9.47 Å². The number of benzene rings is 2. The zero-order valence-electron chi connectivity index (χ0n) is 12.1. The number of phenolic OH excluding ortho intramolecular Hbond substituents is 1. The first-order valence-corrected chi connectivity index (χ1v) is 7.02. The minimum absolute atomic E-state index is 0.0867. The van der Waals surface area contributed by atoms with Gasteiger partial charge in [0.05, 0.1) is 13.2 Å². The Morgan fingerprint density at radius 2 is 1.50 bits per heavy atom. The second kappa shape index (κ2) is 6.02. The molecule has 0 unspecified atom stereocenters. The van der Waals surface area contributed by atoms with Crippen molar-refractivity contribution in [2.24, 2.45) is 0 Å². The highest BCUT2D eigenvalue weighted by Crippen LogP contribution is 2.32. The molecule has 1 heterocycles. The third-order valence-electron chi connectivity index (χ3n) is 3.76. The lowest BCUT2D eigenvalue weighted by Crippen LogP contribution is -2.25. The molecule has 0 aliphatic carbocycles. The zero-order chi connectivity index (χ0) is 15.7. The molecular weight excluding hydrogens is 290 g/mol. The van der Waals surface area contributed by atoms with E-state index in [4.69, 9.17) is 14.6 Å². The number of phenols is 1. The summed E-state index contributed by atoms with van der Waals surface area (Å²) >= 11 is 0. The Labute approximate surface area is 127 Å². The van der Waals surface area contributed by atoms with E-state index in [0.29, 0.717) is 13.2 Å². The van der Waals surface area contributed by atoms with Crippen molar-refractivity contribution in [1.29, 1.82) is 0 Å². The largest absolute Gasteiger partial charge is 0.503 e. The highest BCUT2D eigenvalue weighted by molar-refractivity contribution is 5.31. The summed E-state index contributed by atoms with van der Waals surface area (Å²) in [6, 6.07) is 10.1. The molecule has 2 aromatic rings. The van der Waals surface area contributed by atoms with Crippen molar-refractivity contribution in [3.8, 4) is 5.75 Å². The third-order valence-corrected chi connectivity index (χ3v) is 3.76. The van der Waals surface area contributed by atoms with Gasteiger partial charge in [-0.1, -0.05) is 29.8 Å². The van der Waals surface area contributed by atoms with Gasteiger partial charge in [-0.2, -0.15) is 0 Å². The number of hydrogen-bond donors (Lipinski definition) is 1. The van der Waals surface area contributed by atoms with Gasteiger partial charge in [0.15, 0.2) is 23.7 Å². The molecule has 116 valence electrons. The molecule has 0 radical (unpaired) electrons. The fourth-order valence-corrected chi connectivity index (χ4v) is 2.45. The molecule has 0 amide bonds. The van der Waals surface area contributed by atoms with Crippen LogP contribution in [-0.4, -0.2) is 18.3 Å². The molecule has 3 nitrogen and oxygen atoms in total. The van der Waals surface area contributed by atoms with Gasteiger partial charge >= 0.3 is 0 Å². The van der Waals surface area contributed by atoms with Crippen LogP contribution in [0.2, 0.25) is 0 Å². The van der Waals surface area contributed by atoms with Crippen molar-refractivity contribution in [3.63, 3.8) is 0 Å². The minimum Gasteiger partial charge on any atom is -0.503 e. The maximum atomic E-state index is 13.4. The van der Waals surface area contributed by atoms with Crippen molar-refractivity contribution in [1.82, 2.24) is 0 Å². The predicted octanol–water partition coefficient (Wildman–Crippen LogP) is 3.81. The number of hydrogen-bond acceptors (Lipinski definition) is 3. The van der Waals surface area contributed by atoms with Gasteiger partial charge in [-0.05, 0) is 24.6 Å². The van der Waals surface area contributed by atoms with Crippen molar-refractivity contribution in [2.75, 3.05) is 13.2 Å². The molecule has 1 saturated heterocycles. The first kappa shape index (κ1) is 14.9. The normalized spacial score (nSPS) is 21.8. The monoisotopic (exact) mass is 306 g/mol. The van der Waals surface area contributed by atoms with Crippen LogP contribution in [0.25, 0.3) is 0 Å². The molecule has 1 aliphatic heterocycles. The molecular formula is C17H16F2O3. The molecule has 22 heavy (non-hydrogen) atoms. The topological polar surface area (TPSA) is 38.7 Å². The van der Waals surface area contributed by atoms with E-state index in [-0.39, 0.29) is 11.5 Å². The van der Waals surface area contributed by atoms with E-state index < -0.39 is 23.7 Å². The maximum Gasteiger partial charge on any atom is 0.187 e. The van der Waals surface area contributed by atoms with Crippen LogP contribution in [0.4, 0.5) is 8.78 Å². The summed E-state index contributed by atoms with van der Waals surface area (Å²) in [5.74, 6) is -2.95. The Morgan fingerprint density at radius 3 is 2.05 bits per heavy atom. The summed E-state index contributed by atoms with van der Waals surface area (Å²) in [4.78, 5) is 0. The lowest BCUT2D eigenvalue weighted by molar-refractivity contribution is -0.192. The fourth-order valence-electron chi connectivity index (χ4n) is 2.45. The van der Waals surface area contributed by atoms with Crippen LogP contribution >= 0.6 is 0 Å². The second-order valence-electron chi connectivity index (χ2n) is 5.44. The van der Waals surface area contributed by atoms with Crippen LogP contribution in [0, 0.1) is 18.6 Å². The van der Waals surface area contributed by atoms with E-state index in [1.54, 1.807) is 0 Å². The molecule has 0 saturated carbocycles. The van der Waals surface area contributed by atoms with Gasteiger partial charge < -0.3 is 14.6 Å². The van der Waals surface area contributed by atoms with Gasteiger partial charge in [-0.15, -0.1) is 0 Å². The molecule has 5 heteroatoms. The van der Waals surface area contributed by atoms with Crippen LogP contribution in [0.1, 0.15) is 28.9 Å². The van der Waals surface area contributed by atoms with E-state index in [1.165, 1.54) is 5.56 Å². The van der Waals surface area contributed by atoms with E-state index in [9.17, 15) is 8.78 Å². The van der Waals surface area contributed by atoms with Crippen molar-refractivity contribution >= 4 is 0 Å². The Morgan fingerprint density at radius 1 is 0.955 bits per heavy atom. The van der Waals surface area contributed by atoms with Crippen molar-refractivity contribution < 1.29 is 23.4 Å². The number of rotatable bonds is 2. The lowest BCUT2D eigenvalue weighted by atomic mass is 9.99. The zero-order valence-corrected chi connectivity index (χ0v) is 12.1. The number of aryl methyl sites for hydroxylation is 1. The van der Waals surface area contributed by atoms with E-state index in [1.807, 2.05) is 31.2 Å².